The summed E-state index contributed by atoms with van der Waals surface area (Å²) in [5.74, 6) is -0.664. The van der Waals surface area contributed by atoms with Crippen LogP contribution in [0.1, 0.15) is 24.2 Å². The molecule has 6 heteroatoms. The zero-order chi connectivity index (χ0) is 14.5. The van der Waals surface area contributed by atoms with Crippen LogP contribution in [0, 0.1) is 5.82 Å². The lowest BCUT2D eigenvalue weighted by atomic mass is 10.2. The molecular weight excluding hydrogens is 259 g/mol. The monoisotopic (exact) mass is 280 g/mol. The van der Waals surface area contributed by atoms with Gasteiger partial charge in [0.15, 0.2) is 11.6 Å². The first kappa shape index (κ1) is 14.7. The zero-order valence-electron chi connectivity index (χ0n) is 12.0. The maximum absolute atomic E-state index is 14.2. The Hall–Kier alpha value is -1.69. The van der Waals surface area contributed by atoms with Gasteiger partial charge in [-0.3, -0.25) is 4.79 Å². The first-order chi connectivity index (χ1) is 9.67. The molecule has 0 saturated carbocycles. The lowest BCUT2D eigenvalue weighted by Crippen LogP contribution is -2.48. The van der Waals surface area contributed by atoms with E-state index in [1.54, 1.807) is 4.90 Å². The van der Waals surface area contributed by atoms with E-state index < -0.39 is 5.82 Å². The van der Waals surface area contributed by atoms with E-state index in [1.807, 2.05) is 6.92 Å². The molecule has 1 amide bonds. The number of nitrogens with one attached hydrogen (secondary N) is 1. The van der Waals surface area contributed by atoms with Crippen molar-refractivity contribution in [3.05, 3.63) is 23.6 Å². The van der Waals surface area contributed by atoms with Crippen molar-refractivity contribution in [1.82, 2.24) is 14.8 Å². The fraction of sp³-hybridized carbons (Fsp3) is 0.571. The van der Waals surface area contributed by atoms with E-state index in [4.69, 9.17) is 0 Å². The standard InChI is InChI=1S/C14H21FN4O/c1-3-16-13-12(15)11(5-6-17-13)14(20)19-9-7-18(4-2)8-10-19/h5-6H,3-4,7-10H2,1-2H3,(H,16,17). The Labute approximate surface area is 118 Å². The van der Waals surface area contributed by atoms with Crippen LogP contribution in [0.5, 0.6) is 0 Å². The largest absolute Gasteiger partial charge is 0.368 e. The van der Waals surface area contributed by atoms with Crippen molar-refractivity contribution in [3.63, 3.8) is 0 Å². The molecule has 0 aliphatic carbocycles. The SMILES string of the molecule is CCNc1nccc(C(=O)N2CCN(CC)CC2)c1F. The van der Waals surface area contributed by atoms with Gasteiger partial charge in [0.1, 0.15) is 0 Å². The maximum Gasteiger partial charge on any atom is 0.257 e. The molecule has 1 saturated heterocycles. The van der Waals surface area contributed by atoms with E-state index in [0.717, 1.165) is 19.6 Å². The molecule has 110 valence electrons. The summed E-state index contributed by atoms with van der Waals surface area (Å²) in [5, 5.41) is 2.83. The molecule has 1 aliphatic rings. The van der Waals surface area contributed by atoms with Crippen LogP contribution in [0.4, 0.5) is 10.2 Å². The lowest BCUT2D eigenvalue weighted by molar-refractivity contribution is 0.0639. The summed E-state index contributed by atoms with van der Waals surface area (Å²) in [5.41, 5.74) is 0.0981. The number of hydrogen-bond acceptors (Lipinski definition) is 4. The van der Waals surface area contributed by atoms with Crippen molar-refractivity contribution in [2.24, 2.45) is 0 Å². The molecule has 1 aromatic heterocycles. The first-order valence-corrected chi connectivity index (χ1v) is 7.07. The Morgan fingerprint density at radius 1 is 1.35 bits per heavy atom. The number of piperazine rings is 1. The molecular formula is C14H21FN4O. The van der Waals surface area contributed by atoms with Crippen LogP contribution in [0.15, 0.2) is 12.3 Å². The molecule has 1 aliphatic heterocycles. The Bertz CT molecular complexity index is 472. The van der Waals surface area contributed by atoms with Gasteiger partial charge in [-0.05, 0) is 19.5 Å². The van der Waals surface area contributed by atoms with E-state index in [2.05, 4.69) is 22.1 Å². The summed E-state index contributed by atoms with van der Waals surface area (Å²) in [7, 11) is 0. The second-order valence-corrected chi connectivity index (χ2v) is 4.78. The predicted molar refractivity (Wildman–Crippen MR) is 76.4 cm³/mol. The normalized spacial score (nSPS) is 16.2. The molecule has 0 aromatic carbocycles. The number of anilines is 1. The predicted octanol–water partition coefficient (Wildman–Crippen LogP) is 1.43. The Morgan fingerprint density at radius 2 is 2.05 bits per heavy atom. The van der Waals surface area contributed by atoms with E-state index >= 15 is 0 Å². The molecule has 0 unspecified atom stereocenters. The van der Waals surface area contributed by atoms with Gasteiger partial charge in [-0.25, -0.2) is 9.37 Å². The summed E-state index contributed by atoms with van der Waals surface area (Å²) in [6.45, 7) is 8.48. The van der Waals surface area contributed by atoms with Crippen LogP contribution in [0.3, 0.4) is 0 Å². The number of likely N-dealkylation sites (N-methyl/N-ethyl adjacent to an activating group) is 1. The van der Waals surface area contributed by atoms with Crippen LogP contribution >= 0.6 is 0 Å². The van der Waals surface area contributed by atoms with Gasteiger partial charge in [-0.2, -0.15) is 0 Å². The Kier molecular flexibility index (Phi) is 4.89. The average molecular weight is 280 g/mol. The number of nitrogens with zero attached hydrogens (tertiary/aromatic N) is 3. The summed E-state index contributed by atoms with van der Waals surface area (Å²) in [4.78, 5) is 20.3. The smallest absolute Gasteiger partial charge is 0.257 e. The first-order valence-electron chi connectivity index (χ1n) is 7.07. The molecule has 2 rings (SSSR count). The summed E-state index contributed by atoms with van der Waals surface area (Å²) in [6, 6.07) is 1.45. The van der Waals surface area contributed by atoms with Gasteiger partial charge in [0.05, 0.1) is 5.56 Å². The molecule has 2 heterocycles. The van der Waals surface area contributed by atoms with Crippen molar-refractivity contribution >= 4 is 11.7 Å². The van der Waals surface area contributed by atoms with Crippen LogP contribution in [-0.4, -0.2) is 60.0 Å². The number of aromatic nitrogens is 1. The number of amides is 1. The topological polar surface area (TPSA) is 48.5 Å². The summed E-state index contributed by atoms with van der Waals surface area (Å²) < 4.78 is 14.2. The molecule has 0 radical (unpaired) electrons. The highest BCUT2D eigenvalue weighted by atomic mass is 19.1. The molecule has 0 bridgehead atoms. The molecule has 5 nitrogen and oxygen atoms in total. The van der Waals surface area contributed by atoms with Crippen molar-refractivity contribution < 1.29 is 9.18 Å². The van der Waals surface area contributed by atoms with Gasteiger partial charge < -0.3 is 15.1 Å². The summed E-state index contributed by atoms with van der Waals surface area (Å²) >= 11 is 0. The molecule has 1 aromatic rings. The van der Waals surface area contributed by atoms with Gasteiger partial charge in [0, 0.05) is 38.9 Å². The van der Waals surface area contributed by atoms with Gasteiger partial charge in [-0.1, -0.05) is 6.92 Å². The number of halogens is 1. The van der Waals surface area contributed by atoms with Crippen LogP contribution in [-0.2, 0) is 0 Å². The third kappa shape index (κ3) is 3.07. The van der Waals surface area contributed by atoms with Crippen LogP contribution in [0.2, 0.25) is 0 Å². The molecule has 0 atom stereocenters. The quantitative estimate of drug-likeness (QED) is 0.906. The third-order valence-electron chi connectivity index (χ3n) is 3.57. The fourth-order valence-corrected chi connectivity index (χ4v) is 2.34. The number of carbonyl (C=O) groups is 1. The Balaban J connectivity index is 2.11. The minimum Gasteiger partial charge on any atom is -0.368 e. The van der Waals surface area contributed by atoms with Gasteiger partial charge in [0.2, 0.25) is 0 Å². The highest BCUT2D eigenvalue weighted by Crippen LogP contribution is 2.17. The lowest BCUT2D eigenvalue weighted by Gasteiger charge is -2.34. The average Bonchev–Trinajstić information content (AvgIpc) is 2.49. The van der Waals surface area contributed by atoms with Crippen molar-refractivity contribution in [2.75, 3.05) is 44.6 Å². The molecule has 20 heavy (non-hydrogen) atoms. The number of pyridine rings is 1. The highest BCUT2D eigenvalue weighted by molar-refractivity contribution is 5.95. The highest BCUT2D eigenvalue weighted by Gasteiger charge is 2.24. The van der Waals surface area contributed by atoms with Gasteiger partial charge >= 0.3 is 0 Å². The number of carbonyl (C=O) groups excluding carboxylic acids is 1. The van der Waals surface area contributed by atoms with E-state index in [9.17, 15) is 9.18 Å². The molecule has 0 spiro atoms. The molecule has 1 N–H and O–H groups in total. The molecule has 1 fully saturated rings. The zero-order valence-corrected chi connectivity index (χ0v) is 12.0. The maximum atomic E-state index is 14.2. The van der Waals surface area contributed by atoms with Crippen LogP contribution in [0.25, 0.3) is 0 Å². The minimum absolute atomic E-state index is 0.0981. The minimum atomic E-state index is -0.558. The van der Waals surface area contributed by atoms with Crippen LogP contribution < -0.4 is 5.32 Å². The van der Waals surface area contributed by atoms with E-state index in [0.29, 0.717) is 19.6 Å². The van der Waals surface area contributed by atoms with Crippen molar-refractivity contribution in [1.29, 1.82) is 0 Å². The second kappa shape index (κ2) is 6.65. The van der Waals surface area contributed by atoms with E-state index in [1.165, 1.54) is 12.3 Å². The van der Waals surface area contributed by atoms with Gasteiger partial charge in [0.25, 0.3) is 5.91 Å². The van der Waals surface area contributed by atoms with Crippen molar-refractivity contribution in [3.8, 4) is 0 Å². The second-order valence-electron chi connectivity index (χ2n) is 4.78. The number of hydrogen-bond donors (Lipinski definition) is 1. The van der Waals surface area contributed by atoms with Gasteiger partial charge in [-0.15, -0.1) is 0 Å². The number of rotatable bonds is 4. The Morgan fingerprint density at radius 3 is 2.65 bits per heavy atom. The third-order valence-corrected chi connectivity index (χ3v) is 3.57. The fourth-order valence-electron chi connectivity index (χ4n) is 2.34. The van der Waals surface area contributed by atoms with E-state index in [-0.39, 0.29) is 17.3 Å². The summed E-state index contributed by atoms with van der Waals surface area (Å²) in [6.07, 6.45) is 1.47. The van der Waals surface area contributed by atoms with Crippen molar-refractivity contribution in [2.45, 2.75) is 13.8 Å².